The van der Waals surface area contributed by atoms with Crippen LogP contribution in [0.5, 0.6) is 0 Å². The highest BCUT2D eigenvalue weighted by Crippen LogP contribution is 2.20. The van der Waals surface area contributed by atoms with Crippen LogP contribution in [0.1, 0.15) is 17.2 Å². The molecule has 0 saturated carbocycles. The highest BCUT2D eigenvalue weighted by Gasteiger charge is 2.23. The van der Waals surface area contributed by atoms with Gasteiger partial charge in [0, 0.05) is 32.7 Å². The molecule has 5 rings (SSSR count). The van der Waals surface area contributed by atoms with Crippen LogP contribution in [-0.4, -0.2) is 84.1 Å². The first-order chi connectivity index (χ1) is 15.7. The van der Waals surface area contributed by atoms with E-state index < -0.39 is 6.10 Å². The number of β-amino-alcohol motifs (C(OH)–C–C–N with tert-alkyl or cyclic N) is 1. The fourth-order valence-electron chi connectivity index (χ4n) is 3.87. The second-order valence-electron chi connectivity index (χ2n) is 7.81. The Morgan fingerprint density at radius 3 is 2.56 bits per heavy atom. The molecule has 164 valence electrons. The minimum Gasteiger partial charge on any atom is -0.387 e. The predicted molar refractivity (Wildman–Crippen MR) is 113 cm³/mol. The van der Waals surface area contributed by atoms with Gasteiger partial charge >= 0.3 is 0 Å². The largest absolute Gasteiger partial charge is 0.387 e. The van der Waals surface area contributed by atoms with Gasteiger partial charge in [0.25, 0.3) is 0 Å². The van der Waals surface area contributed by atoms with E-state index in [0.717, 1.165) is 29.9 Å². The number of fused-ring (bicyclic) bond motifs is 1. The second kappa shape index (κ2) is 8.81. The minimum atomic E-state index is -0.642. The van der Waals surface area contributed by atoms with Crippen LogP contribution in [0.3, 0.4) is 0 Å². The molecule has 0 aliphatic carbocycles. The van der Waals surface area contributed by atoms with Gasteiger partial charge in [-0.15, -0.1) is 5.10 Å². The van der Waals surface area contributed by atoms with Crippen molar-refractivity contribution in [2.75, 3.05) is 32.7 Å². The third kappa shape index (κ3) is 4.34. The van der Waals surface area contributed by atoms with Crippen LogP contribution < -0.4 is 0 Å². The SMILES string of the molecule is O=C(Cc1ccc(-n2cnnn2)cc1)N1CCN(CC(O)c2ccc3nonc3c2)CC1. The summed E-state index contributed by atoms with van der Waals surface area (Å²) in [6.45, 7) is 3.21. The number of carbonyl (C=O) groups excluding carboxylic acids is 1. The molecule has 3 heterocycles. The number of aliphatic hydroxyl groups is 1. The number of nitrogens with zero attached hydrogens (tertiary/aromatic N) is 8. The highest BCUT2D eigenvalue weighted by atomic mass is 16.6. The number of hydrogen-bond donors (Lipinski definition) is 1. The van der Waals surface area contributed by atoms with E-state index in [1.165, 1.54) is 6.33 Å². The van der Waals surface area contributed by atoms with Gasteiger partial charge in [-0.05, 0) is 56.1 Å². The van der Waals surface area contributed by atoms with Crippen molar-refractivity contribution >= 4 is 16.9 Å². The van der Waals surface area contributed by atoms with Crippen molar-refractivity contribution < 1.29 is 14.5 Å². The van der Waals surface area contributed by atoms with Gasteiger partial charge in [-0.2, -0.15) is 0 Å². The van der Waals surface area contributed by atoms with Gasteiger partial charge in [0.15, 0.2) is 0 Å². The molecule has 2 aromatic carbocycles. The van der Waals surface area contributed by atoms with Crippen LogP contribution in [0.4, 0.5) is 0 Å². The molecule has 32 heavy (non-hydrogen) atoms. The summed E-state index contributed by atoms with van der Waals surface area (Å²) in [5, 5.41) is 29.3. The number of aromatic nitrogens is 6. The zero-order valence-electron chi connectivity index (χ0n) is 17.3. The van der Waals surface area contributed by atoms with Crippen LogP contribution in [0.15, 0.2) is 53.4 Å². The van der Waals surface area contributed by atoms with Crippen molar-refractivity contribution in [1.82, 2.24) is 40.3 Å². The monoisotopic (exact) mass is 434 g/mol. The molecule has 1 amide bonds. The molecule has 11 nitrogen and oxygen atoms in total. The van der Waals surface area contributed by atoms with Gasteiger partial charge < -0.3 is 10.0 Å². The highest BCUT2D eigenvalue weighted by molar-refractivity contribution is 5.79. The van der Waals surface area contributed by atoms with E-state index in [-0.39, 0.29) is 5.91 Å². The summed E-state index contributed by atoms with van der Waals surface area (Å²) in [5.41, 5.74) is 3.86. The molecule has 1 saturated heterocycles. The van der Waals surface area contributed by atoms with Gasteiger partial charge in [0.2, 0.25) is 5.91 Å². The number of tetrazole rings is 1. The number of aliphatic hydroxyl groups excluding tert-OH is 1. The summed E-state index contributed by atoms with van der Waals surface area (Å²) >= 11 is 0. The van der Waals surface area contributed by atoms with Gasteiger partial charge in [0.1, 0.15) is 17.4 Å². The minimum absolute atomic E-state index is 0.101. The lowest BCUT2D eigenvalue weighted by molar-refractivity contribution is -0.132. The van der Waals surface area contributed by atoms with Gasteiger partial charge in [-0.1, -0.05) is 18.2 Å². The maximum Gasteiger partial charge on any atom is 0.227 e. The van der Waals surface area contributed by atoms with E-state index in [4.69, 9.17) is 4.63 Å². The topological polar surface area (TPSA) is 126 Å². The first-order valence-electron chi connectivity index (χ1n) is 10.4. The van der Waals surface area contributed by atoms with Crippen molar-refractivity contribution in [2.24, 2.45) is 0 Å². The van der Waals surface area contributed by atoms with Crippen molar-refractivity contribution in [3.05, 3.63) is 59.9 Å². The maximum atomic E-state index is 12.7. The van der Waals surface area contributed by atoms with Gasteiger partial charge in [0.05, 0.1) is 18.2 Å². The van der Waals surface area contributed by atoms with E-state index in [2.05, 4.69) is 30.7 Å². The fourth-order valence-corrected chi connectivity index (χ4v) is 3.87. The summed E-state index contributed by atoms with van der Waals surface area (Å²) in [4.78, 5) is 16.8. The van der Waals surface area contributed by atoms with Crippen molar-refractivity contribution in [2.45, 2.75) is 12.5 Å². The summed E-state index contributed by atoms with van der Waals surface area (Å²) in [6.07, 6.45) is 1.24. The Morgan fingerprint density at radius 1 is 1.03 bits per heavy atom. The Kier molecular flexibility index (Phi) is 5.57. The molecule has 1 aliphatic heterocycles. The van der Waals surface area contributed by atoms with E-state index in [1.807, 2.05) is 35.2 Å². The molecule has 1 unspecified atom stereocenters. The second-order valence-corrected chi connectivity index (χ2v) is 7.81. The van der Waals surface area contributed by atoms with Crippen LogP contribution in [0.2, 0.25) is 0 Å². The molecule has 2 aromatic heterocycles. The molecule has 1 atom stereocenters. The molecule has 0 spiro atoms. The van der Waals surface area contributed by atoms with Crippen LogP contribution in [-0.2, 0) is 11.2 Å². The summed E-state index contributed by atoms with van der Waals surface area (Å²) in [7, 11) is 0. The number of benzene rings is 2. The molecule has 0 bridgehead atoms. The number of piperazine rings is 1. The normalized spacial score (nSPS) is 15.8. The predicted octanol–water partition coefficient (Wildman–Crippen LogP) is 0.619. The first-order valence-corrected chi connectivity index (χ1v) is 10.4. The summed E-state index contributed by atoms with van der Waals surface area (Å²) < 4.78 is 6.28. The zero-order valence-corrected chi connectivity index (χ0v) is 17.3. The third-order valence-corrected chi connectivity index (χ3v) is 5.72. The van der Waals surface area contributed by atoms with Crippen LogP contribution in [0, 0.1) is 0 Å². The van der Waals surface area contributed by atoms with E-state index in [1.54, 1.807) is 16.8 Å². The molecular weight excluding hydrogens is 412 g/mol. The smallest absolute Gasteiger partial charge is 0.227 e. The quantitative estimate of drug-likeness (QED) is 0.465. The van der Waals surface area contributed by atoms with Crippen LogP contribution >= 0.6 is 0 Å². The lowest BCUT2D eigenvalue weighted by Crippen LogP contribution is -2.50. The zero-order chi connectivity index (χ0) is 21.9. The third-order valence-electron chi connectivity index (χ3n) is 5.72. The summed E-state index contributed by atoms with van der Waals surface area (Å²) in [5.74, 6) is 0.101. The van der Waals surface area contributed by atoms with E-state index in [0.29, 0.717) is 37.1 Å². The standard InChI is InChI=1S/C21H22N8O3/c30-20(16-3-6-18-19(12-16)24-32-23-18)13-27-7-9-28(10-8-27)21(31)11-15-1-4-17(5-2-15)29-14-22-25-26-29/h1-6,12,14,20,30H,7-11,13H2. The molecular formula is C21H22N8O3. The van der Waals surface area contributed by atoms with E-state index in [9.17, 15) is 9.90 Å². The Bertz CT molecular complexity index is 1180. The molecule has 1 aliphatic rings. The average molecular weight is 434 g/mol. The lowest BCUT2D eigenvalue weighted by atomic mass is 10.1. The fraction of sp³-hybridized carbons (Fsp3) is 0.333. The number of carbonyl (C=O) groups is 1. The van der Waals surface area contributed by atoms with Crippen molar-refractivity contribution in [3.8, 4) is 5.69 Å². The summed E-state index contributed by atoms with van der Waals surface area (Å²) in [6, 6.07) is 13.0. The molecule has 1 N–H and O–H groups in total. The van der Waals surface area contributed by atoms with Gasteiger partial charge in [-0.3, -0.25) is 9.69 Å². The Hall–Kier alpha value is -3.70. The molecule has 4 aromatic rings. The molecule has 11 heteroatoms. The Labute approximate surface area is 183 Å². The van der Waals surface area contributed by atoms with E-state index >= 15 is 0 Å². The Balaban J connectivity index is 1.12. The van der Waals surface area contributed by atoms with Crippen LogP contribution in [0.25, 0.3) is 16.7 Å². The lowest BCUT2D eigenvalue weighted by Gasteiger charge is -2.35. The Morgan fingerprint density at radius 2 is 1.81 bits per heavy atom. The van der Waals surface area contributed by atoms with Crippen molar-refractivity contribution in [1.29, 1.82) is 0 Å². The van der Waals surface area contributed by atoms with Crippen molar-refractivity contribution in [3.63, 3.8) is 0 Å². The average Bonchev–Trinajstić information content (AvgIpc) is 3.52. The molecule has 1 fully saturated rings. The number of hydrogen-bond acceptors (Lipinski definition) is 9. The first kappa shape index (κ1) is 20.2. The molecule has 0 radical (unpaired) electrons. The maximum absolute atomic E-state index is 12.7. The van der Waals surface area contributed by atoms with Gasteiger partial charge in [-0.25, -0.2) is 9.31 Å². The number of amides is 1. The number of rotatable bonds is 6.